The Morgan fingerprint density at radius 3 is 2.59 bits per heavy atom. The van der Waals surface area contributed by atoms with Crippen LogP contribution in [0.5, 0.6) is 0 Å². The summed E-state index contributed by atoms with van der Waals surface area (Å²) in [6.07, 6.45) is 3.49. The van der Waals surface area contributed by atoms with Crippen LogP contribution < -0.4 is 10.6 Å². The molecular weight excluding hydrogens is 296 g/mol. The first kappa shape index (κ1) is 16.5. The molecule has 2 N–H and O–H groups in total. The summed E-state index contributed by atoms with van der Waals surface area (Å²) in [5.74, 6) is -0.310. The second kappa shape index (κ2) is 7.94. The van der Waals surface area contributed by atoms with E-state index in [2.05, 4.69) is 29.7 Å². The largest absolute Gasteiger partial charge is 0.457 e. The molecule has 1 aromatic carbocycles. The molecule has 0 unspecified atom stereocenters. The van der Waals surface area contributed by atoms with Crippen molar-refractivity contribution >= 4 is 23.3 Å². The SMILES string of the molecule is CCCCc1ccc(COC(=O)C2=C(C)NC(=S)NC2)cc1. The van der Waals surface area contributed by atoms with E-state index in [0.29, 0.717) is 17.2 Å². The lowest BCUT2D eigenvalue weighted by Gasteiger charge is -2.20. The van der Waals surface area contributed by atoms with Crippen LogP contribution in [0.3, 0.4) is 0 Å². The number of unbranched alkanes of at least 4 members (excludes halogenated alkanes) is 1. The van der Waals surface area contributed by atoms with Crippen LogP contribution >= 0.6 is 12.2 Å². The van der Waals surface area contributed by atoms with Crippen LogP contribution in [0.15, 0.2) is 35.5 Å². The van der Waals surface area contributed by atoms with E-state index in [1.807, 2.05) is 19.1 Å². The van der Waals surface area contributed by atoms with Crippen LogP contribution in [0.4, 0.5) is 0 Å². The van der Waals surface area contributed by atoms with Gasteiger partial charge in [0, 0.05) is 5.70 Å². The molecule has 5 heteroatoms. The fraction of sp³-hybridized carbons (Fsp3) is 0.412. The van der Waals surface area contributed by atoms with Gasteiger partial charge in [-0.15, -0.1) is 0 Å². The Bertz CT molecular complexity index is 579. The number of carbonyl (C=O) groups excluding carboxylic acids is 1. The minimum absolute atomic E-state index is 0.286. The lowest BCUT2D eigenvalue weighted by atomic mass is 10.1. The van der Waals surface area contributed by atoms with Gasteiger partial charge in [0.1, 0.15) is 6.61 Å². The van der Waals surface area contributed by atoms with Gasteiger partial charge in [-0.25, -0.2) is 4.79 Å². The molecule has 0 saturated carbocycles. The smallest absolute Gasteiger partial charge is 0.337 e. The minimum Gasteiger partial charge on any atom is -0.457 e. The molecule has 0 fully saturated rings. The first-order chi connectivity index (χ1) is 10.6. The maximum Gasteiger partial charge on any atom is 0.337 e. The summed E-state index contributed by atoms with van der Waals surface area (Å²) in [6, 6.07) is 8.25. The van der Waals surface area contributed by atoms with E-state index < -0.39 is 0 Å². The van der Waals surface area contributed by atoms with Crippen LogP contribution in [0.25, 0.3) is 0 Å². The lowest BCUT2D eigenvalue weighted by Crippen LogP contribution is -2.42. The van der Waals surface area contributed by atoms with Gasteiger partial charge < -0.3 is 15.4 Å². The summed E-state index contributed by atoms with van der Waals surface area (Å²) in [4.78, 5) is 12.1. The van der Waals surface area contributed by atoms with E-state index in [4.69, 9.17) is 17.0 Å². The Hall–Kier alpha value is -1.88. The number of rotatable bonds is 6. The van der Waals surface area contributed by atoms with Crippen molar-refractivity contribution in [3.8, 4) is 0 Å². The van der Waals surface area contributed by atoms with Gasteiger partial charge in [0.05, 0.1) is 12.1 Å². The molecule has 0 atom stereocenters. The van der Waals surface area contributed by atoms with Gasteiger partial charge in [0.25, 0.3) is 0 Å². The van der Waals surface area contributed by atoms with Crippen LogP contribution in [-0.2, 0) is 22.6 Å². The topological polar surface area (TPSA) is 50.4 Å². The summed E-state index contributed by atoms with van der Waals surface area (Å²) in [7, 11) is 0. The fourth-order valence-corrected chi connectivity index (χ4v) is 2.46. The first-order valence-corrected chi connectivity index (χ1v) is 8.00. The number of allylic oxidation sites excluding steroid dienone is 1. The number of benzene rings is 1. The molecule has 1 aliphatic rings. The zero-order valence-electron chi connectivity index (χ0n) is 13.1. The van der Waals surface area contributed by atoms with Crippen molar-refractivity contribution in [1.82, 2.24) is 10.6 Å². The standard InChI is InChI=1S/C17H22N2O2S/c1-3-4-5-13-6-8-14(9-7-13)11-21-16(20)15-10-18-17(22)19-12(15)2/h6-9H,3-5,10-11H2,1-2H3,(H2,18,19,22). The Kier molecular flexibility index (Phi) is 5.95. The molecule has 1 heterocycles. The zero-order valence-corrected chi connectivity index (χ0v) is 13.9. The van der Waals surface area contributed by atoms with E-state index >= 15 is 0 Å². The number of esters is 1. The van der Waals surface area contributed by atoms with Crippen molar-refractivity contribution in [2.45, 2.75) is 39.7 Å². The number of aryl methyl sites for hydroxylation is 1. The highest BCUT2D eigenvalue weighted by atomic mass is 32.1. The zero-order chi connectivity index (χ0) is 15.9. The molecule has 2 rings (SSSR count). The van der Waals surface area contributed by atoms with E-state index in [-0.39, 0.29) is 12.6 Å². The molecule has 0 bridgehead atoms. The van der Waals surface area contributed by atoms with Crippen LogP contribution in [0.1, 0.15) is 37.8 Å². The molecule has 4 nitrogen and oxygen atoms in total. The molecule has 0 saturated heterocycles. The van der Waals surface area contributed by atoms with Crippen molar-refractivity contribution in [1.29, 1.82) is 0 Å². The molecule has 22 heavy (non-hydrogen) atoms. The third kappa shape index (κ3) is 4.56. The first-order valence-electron chi connectivity index (χ1n) is 7.59. The molecule has 1 aromatic rings. The average Bonchev–Trinajstić information content (AvgIpc) is 2.51. The average molecular weight is 318 g/mol. The number of thiocarbonyl (C=S) groups is 1. The summed E-state index contributed by atoms with van der Waals surface area (Å²) >= 11 is 5.00. The second-order valence-electron chi connectivity index (χ2n) is 5.41. The molecule has 0 amide bonds. The summed E-state index contributed by atoms with van der Waals surface area (Å²) in [5, 5.41) is 6.40. The maximum atomic E-state index is 12.1. The highest BCUT2D eigenvalue weighted by Gasteiger charge is 2.19. The highest BCUT2D eigenvalue weighted by Crippen LogP contribution is 2.11. The van der Waals surface area contributed by atoms with Gasteiger partial charge in [-0.1, -0.05) is 37.6 Å². The molecule has 118 valence electrons. The lowest BCUT2D eigenvalue weighted by molar-refractivity contribution is -0.140. The van der Waals surface area contributed by atoms with Crippen molar-refractivity contribution in [3.05, 3.63) is 46.7 Å². The Morgan fingerprint density at radius 1 is 1.27 bits per heavy atom. The van der Waals surface area contributed by atoms with Crippen LogP contribution in [0, 0.1) is 0 Å². The molecule has 0 aliphatic carbocycles. The number of hydrogen-bond donors (Lipinski definition) is 2. The Morgan fingerprint density at radius 2 is 1.95 bits per heavy atom. The fourth-order valence-electron chi connectivity index (χ4n) is 2.24. The second-order valence-corrected chi connectivity index (χ2v) is 5.82. The van der Waals surface area contributed by atoms with Gasteiger partial charge in [-0.05, 0) is 43.1 Å². The van der Waals surface area contributed by atoms with Crippen molar-refractivity contribution < 1.29 is 9.53 Å². The maximum absolute atomic E-state index is 12.1. The molecular formula is C17H22N2O2S. The van der Waals surface area contributed by atoms with Crippen molar-refractivity contribution in [2.75, 3.05) is 6.54 Å². The Balaban J connectivity index is 1.88. The number of carbonyl (C=O) groups is 1. The van der Waals surface area contributed by atoms with Gasteiger partial charge in [0.2, 0.25) is 0 Å². The molecule has 0 spiro atoms. The molecule has 0 aromatic heterocycles. The third-order valence-electron chi connectivity index (χ3n) is 3.64. The van der Waals surface area contributed by atoms with E-state index in [9.17, 15) is 4.79 Å². The summed E-state index contributed by atoms with van der Waals surface area (Å²) < 4.78 is 5.37. The normalized spacial score (nSPS) is 14.4. The summed E-state index contributed by atoms with van der Waals surface area (Å²) in [5.41, 5.74) is 3.67. The van der Waals surface area contributed by atoms with E-state index in [0.717, 1.165) is 17.7 Å². The number of nitrogens with one attached hydrogen (secondary N) is 2. The van der Waals surface area contributed by atoms with Crippen LogP contribution in [-0.4, -0.2) is 17.6 Å². The van der Waals surface area contributed by atoms with Crippen LogP contribution in [0.2, 0.25) is 0 Å². The molecule has 0 radical (unpaired) electrons. The molecule has 1 aliphatic heterocycles. The number of hydrogen-bond acceptors (Lipinski definition) is 3. The van der Waals surface area contributed by atoms with E-state index in [1.54, 1.807) is 0 Å². The highest BCUT2D eigenvalue weighted by molar-refractivity contribution is 7.80. The predicted molar refractivity (Wildman–Crippen MR) is 91.3 cm³/mol. The minimum atomic E-state index is -0.310. The number of ether oxygens (including phenoxy) is 1. The van der Waals surface area contributed by atoms with Crippen molar-refractivity contribution in [3.63, 3.8) is 0 Å². The van der Waals surface area contributed by atoms with E-state index in [1.165, 1.54) is 18.4 Å². The Labute approximate surface area is 136 Å². The quantitative estimate of drug-likeness (QED) is 0.624. The van der Waals surface area contributed by atoms with Gasteiger partial charge in [-0.2, -0.15) is 0 Å². The van der Waals surface area contributed by atoms with Gasteiger partial charge >= 0.3 is 5.97 Å². The van der Waals surface area contributed by atoms with Crippen molar-refractivity contribution in [2.24, 2.45) is 0 Å². The van der Waals surface area contributed by atoms with Gasteiger partial charge in [-0.3, -0.25) is 0 Å². The predicted octanol–water partition coefficient (Wildman–Crippen LogP) is 2.82. The summed E-state index contributed by atoms with van der Waals surface area (Å²) in [6.45, 7) is 4.71. The monoisotopic (exact) mass is 318 g/mol. The third-order valence-corrected chi connectivity index (χ3v) is 3.88. The van der Waals surface area contributed by atoms with Gasteiger partial charge in [0.15, 0.2) is 5.11 Å².